The lowest BCUT2D eigenvalue weighted by molar-refractivity contribution is 0.633. The molecule has 0 radical (unpaired) electrons. The monoisotopic (exact) mass is 162 g/mol. The van der Waals surface area contributed by atoms with Crippen molar-refractivity contribution in [3.63, 3.8) is 0 Å². The van der Waals surface area contributed by atoms with Crippen LogP contribution in [0.2, 0.25) is 0 Å². The molecule has 0 saturated heterocycles. The minimum atomic E-state index is 0.692. The fourth-order valence-electron chi connectivity index (χ4n) is 1.40. The summed E-state index contributed by atoms with van der Waals surface area (Å²) >= 11 is 0. The van der Waals surface area contributed by atoms with Crippen molar-refractivity contribution in [3.8, 4) is 12.3 Å². The number of nitrogens with zero attached hydrogens (tertiary/aromatic N) is 2. The van der Waals surface area contributed by atoms with Crippen LogP contribution in [-0.4, -0.2) is 9.78 Å². The van der Waals surface area contributed by atoms with Crippen molar-refractivity contribution in [3.05, 3.63) is 17.0 Å². The Labute approximate surface area is 73.6 Å². The van der Waals surface area contributed by atoms with Crippen LogP contribution >= 0.6 is 0 Å². The molecule has 0 bridgehead atoms. The number of hydrogen-bond acceptors (Lipinski definition) is 1. The zero-order chi connectivity index (χ0) is 9.14. The molecule has 0 aliphatic rings. The first-order valence-electron chi connectivity index (χ1n) is 4.17. The maximum absolute atomic E-state index is 5.26. The first-order valence-corrected chi connectivity index (χ1v) is 4.17. The van der Waals surface area contributed by atoms with Crippen LogP contribution in [0.5, 0.6) is 0 Å². The minimum absolute atomic E-state index is 0.692. The first kappa shape index (κ1) is 8.86. The van der Waals surface area contributed by atoms with E-state index in [-0.39, 0.29) is 0 Å². The number of aryl methyl sites for hydroxylation is 2. The molecule has 12 heavy (non-hydrogen) atoms. The molecule has 1 aromatic heterocycles. The van der Waals surface area contributed by atoms with Crippen LogP contribution in [0.15, 0.2) is 0 Å². The van der Waals surface area contributed by atoms with Crippen LogP contribution in [0.4, 0.5) is 0 Å². The van der Waals surface area contributed by atoms with Crippen molar-refractivity contribution in [2.45, 2.75) is 33.7 Å². The van der Waals surface area contributed by atoms with E-state index in [0.29, 0.717) is 6.42 Å². The molecule has 64 valence electrons. The van der Waals surface area contributed by atoms with Crippen molar-refractivity contribution < 1.29 is 0 Å². The van der Waals surface area contributed by atoms with Gasteiger partial charge in [0.25, 0.3) is 0 Å². The summed E-state index contributed by atoms with van der Waals surface area (Å²) < 4.78 is 1.99. The van der Waals surface area contributed by atoms with Gasteiger partial charge < -0.3 is 0 Å². The van der Waals surface area contributed by atoms with Gasteiger partial charge in [-0.05, 0) is 20.8 Å². The lowest BCUT2D eigenvalue weighted by atomic mass is 10.1. The average Bonchev–Trinajstić information content (AvgIpc) is 2.32. The summed E-state index contributed by atoms with van der Waals surface area (Å²) in [5, 5.41) is 4.37. The Hall–Kier alpha value is -1.23. The predicted octanol–water partition coefficient (Wildman–Crippen LogP) is 1.70. The summed E-state index contributed by atoms with van der Waals surface area (Å²) in [7, 11) is 0. The summed E-state index contributed by atoms with van der Waals surface area (Å²) in [6.07, 6.45) is 5.95. The Balaban J connectivity index is 3.11. The van der Waals surface area contributed by atoms with Crippen molar-refractivity contribution in [1.82, 2.24) is 9.78 Å². The quantitative estimate of drug-likeness (QED) is 0.605. The van der Waals surface area contributed by atoms with Gasteiger partial charge >= 0.3 is 0 Å². The fraction of sp³-hybridized carbons (Fsp3) is 0.500. The number of aromatic nitrogens is 2. The molecule has 0 aromatic carbocycles. The van der Waals surface area contributed by atoms with Gasteiger partial charge in [0.2, 0.25) is 0 Å². The van der Waals surface area contributed by atoms with E-state index in [9.17, 15) is 0 Å². The summed E-state index contributed by atoms with van der Waals surface area (Å²) in [5.41, 5.74) is 3.47. The van der Waals surface area contributed by atoms with Gasteiger partial charge in [0, 0.05) is 24.2 Å². The molecular formula is C10H14N2. The molecule has 1 aromatic rings. The molecule has 1 heterocycles. The van der Waals surface area contributed by atoms with E-state index >= 15 is 0 Å². The van der Waals surface area contributed by atoms with E-state index in [1.807, 2.05) is 11.6 Å². The first-order chi connectivity index (χ1) is 5.70. The third-order valence-electron chi connectivity index (χ3n) is 2.11. The molecule has 2 heteroatoms. The molecule has 2 nitrogen and oxygen atoms in total. The minimum Gasteiger partial charge on any atom is -0.270 e. The third kappa shape index (κ3) is 1.35. The largest absolute Gasteiger partial charge is 0.270 e. The number of rotatable bonds is 2. The van der Waals surface area contributed by atoms with Crippen molar-refractivity contribution in [2.75, 3.05) is 0 Å². The summed E-state index contributed by atoms with van der Waals surface area (Å²) in [6, 6.07) is 0. The van der Waals surface area contributed by atoms with Crippen LogP contribution in [0.1, 0.15) is 23.9 Å². The maximum Gasteiger partial charge on any atom is 0.0638 e. The Morgan fingerprint density at radius 3 is 2.58 bits per heavy atom. The number of terminal acetylenes is 1. The van der Waals surface area contributed by atoms with E-state index in [1.165, 1.54) is 11.3 Å². The van der Waals surface area contributed by atoms with Crippen molar-refractivity contribution in [1.29, 1.82) is 0 Å². The van der Waals surface area contributed by atoms with Crippen molar-refractivity contribution in [2.24, 2.45) is 0 Å². The molecule has 0 spiro atoms. The molecule has 0 unspecified atom stereocenters. The van der Waals surface area contributed by atoms with Gasteiger partial charge in [0.15, 0.2) is 0 Å². The van der Waals surface area contributed by atoms with Gasteiger partial charge in [0.05, 0.1) is 5.69 Å². The molecule has 0 fully saturated rings. The fourth-order valence-corrected chi connectivity index (χ4v) is 1.40. The maximum atomic E-state index is 5.26. The molecule has 0 aliphatic carbocycles. The Morgan fingerprint density at radius 1 is 1.50 bits per heavy atom. The highest BCUT2D eigenvalue weighted by atomic mass is 15.3. The topological polar surface area (TPSA) is 17.8 Å². The van der Waals surface area contributed by atoms with Gasteiger partial charge in [-0.1, -0.05) is 0 Å². The summed E-state index contributed by atoms with van der Waals surface area (Å²) in [6.45, 7) is 7.07. The van der Waals surface area contributed by atoms with Crippen LogP contribution in [-0.2, 0) is 13.0 Å². The normalized spacial score (nSPS) is 9.83. The average molecular weight is 162 g/mol. The summed E-state index contributed by atoms with van der Waals surface area (Å²) in [4.78, 5) is 0. The second-order valence-corrected chi connectivity index (χ2v) is 2.85. The van der Waals surface area contributed by atoms with Crippen LogP contribution in [0.3, 0.4) is 0 Å². The number of hydrogen-bond donors (Lipinski definition) is 0. The van der Waals surface area contributed by atoms with Gasteiger partial charge in [-0.15, -0.1) is 12.3 Å². The molecule has 0 saturated carbocycles. The third-order valence-corrected chi connectivity index (χ3v) is 2.11. The van der Waals surface area contributed by atoms with Gasteiger partial charge in [-0.3, -0.25) is 4.68 Å². The lowest BCUT2D eigenvalue weighted by Crippen LogP contribution is -1.99. The van der Waals surface area contributed by atoms with Crippen LogP contribution in [0, 0.1) is 26.2 Å². The Morgan fingerprint density at radius 2 is 2.17 bits per heavy atom. The predicted molar refractivity (Wildman–Crippen MR) is 49.9 cm³/mol. The highest BCUT2D eigenvalue weighted by Crippen LogP contribution is 2.12. The molecular weight excluding hydrogens is 148 g/mol. The van der Waals surface area contributed by atoms with Crippen LogP contribution in [0.25, 0.3) is 0 Å². The van der Waals surface area contributed by atoms with E-state index in [1.54, 1.807) is 0 Å². The molecule has 0 amide bonds. The standard InChI is InChI=1S/C10H14N2/c1-5-7-10-8(3)11-12(6-2)9(10)4/h1H,6-7H2,2-4H3. The molecule has 0 atom stereocenters. The Bertz CT molecular complexity index is 315. The van der Waals surface area contributed by atoms with Crippen molar-refractivity contribution >= 4 is 0 Å². The van der Waals surface area contributed by atoms with Gasteiger partial charge in [-0.25, -0.2) is 0 Å². The molecule has 0 N–H and O–H groups in total. The smallest absolute Gasteiger partial charge is 0.0638 e. The van der Waals surface area contributed by atoms with Crippen LogP contribution < -0.4 is 0 Å². The van der Waals surface area contributed by atoms with E-state index in [0.717, 1.165) is 12.2 Å². The molecule has 1 rings (SSSR count). The van der Waals surface area contributed by atoms with Gasteiger partial charge in [0.1, 0.15) is 0 Å². The zero-order valence-corrected chi connectivity index (χ0v) is 7.89. The molecule has 0 aliphatic heterocycles. The van der Waals surface area contributed by atoms with E-state index in [2.05, 4.69) is 24.9 Å². The highest BCUT2D eigenvalue weighted by molar-refractivity contribution is 5.28. The van der Waals surface area contributed by atoms with Gasteiger partial charge in [-0.2, -0.15) is 5.10 Å². The second-order valence-electron chi connectivity index (χ2n) is 2.85. The summed E-state index contributed by atoms with van der Waals surface area (Å²) in [5.74, 6) is 2.65. The SMILES string of the molecule is C#CCc1c(C)nn(CC)c1C. The lowest BCUT2D eigenvalue weighted by Gasteiger charge is -1.98. The van der Waals surface area contributed by atoms with E-state index < -0.39 is 0 Å². The van der Waals surface area contributed by atoms with E-state index in [4.69, 9.17) is 6.42 Å². The zero-order valence-electron chi connectivity index (χ0n) is 7.89. The Kier molecular flexibility index (Phi) is 2.54. The highest BCUT2D eigenvalue weighted by Gasteiger charge is 2.08. The second kappa shape index (κ2) is 3.44.